The molecule has 0 spiro atoms. The summed E-state index contributed by atoms with van der Waals surface area (Å²) >= 11 is 0. The average Bonchev–Trinajstić information content (AvgIpc) is 2.86. The molecular formula is C24H28N4O6. The zero-order valence-electron chi connectivity index (χ0n) is 19.2. The molecule has 0 unspecified atom stereocenters. The molecule has 0 bridgehead atoms. The fraction of sp³-hybridized carbons (Fsp3) is 0.375. The Morgan fingerprint density at radius 1 is 0.971 bits per heavy atom. The first kappa shape index (κ1) is 24.7. The monoisotopic (exact) mass is 468 g/mol. The molecule has 0 amide bonds. The zero-order valence-corrected chi connectivity index (χ0v) is 19.2. The summed E-state index contributed by atoms with van der Waals surface area (Å²) in [6, 6.07) is 6.60. The quantitative estimate of drug-likeness (QED) is 0.434. The summed E-state index contributed by atoms with van der Waals surface area (Å²) < 4.78 is 10.2. The third-order valence-electron chi connectivity index (χ3n) is 5.25. The number of esters is 2. The van der Waals surface area contributed by atoms with Gasteiger partial charge in [-0.1, -0.05) is 19.1 Å². The maximum atomic E-state index is 12.3. The van der Waals surface area contributed by atoms with Crippen LogP contribution >= 0.6 is 0 Å². The van der Waals surface area contributed by atoms with Crippen LogP contribution in [-0.4, -0.2) is 71.9 Å². The Morgan fingerprint density at radius 2 is 1.53 bits per heavy atom. The highest BCUT2D eigenvalue weighted by molar-refractivity contribution is 5.91. The van der Waals surface area contributed by atoms with Crippen molar-refractivity contribution in [3.05, 3.63) is 59.9 Å². The van der Waals surface area contributed by atoms with Gasteiger partial charge in [0.05, 0.1) is 11.1 Å². The van der Waals surface area contributed by atoms with Crippen LogP contribution in [0.15, 0.2) is 48.8 Å². The van der Waals surface area contributed by atoms with E-state index in [0.717, 1.165) is 18.1 Å². The van der Waals surface area contributed by atoms with Crippen LogP contribution in [0.3, 0.4) is 0 Å². The third kappa shape index (κ3) is 6.53. The van der Waals surface area contributed by atoms with Gasteiger partial charge in [0.15, 0.2) is 6.10 Å². The SMILES string of the molecule is CCC=CCOC(=O)[C@@H](C)OC(=O)c1ccc(N2CCN(c3ccc(C(=O)O)cn3)CC2)nc1. The minimum absolute atomic E-state index is 0.141. The Morgan fingerprint density at radius 3 is 2.00 bits per heavy atom. The molecule has 0 aromatic carbocycles. The lowest BCUT2D eigenvalue weighted by molar-refractivity contribution is -0.151. The number of nitrogens with zero attached hydrogens (tertiary/aromatic N) is 4. The Labute approximate surface area is 197 Å². The van der Waals surface area contributed by atoms with Crippen LogP contribution in [0.2, 0.25) is 0 Å². The van der Waals surface area contributed by atoms with Crippen molar-refractivity contribution in [2.24, 2.45) is 0 Å². The third-order valence-corrected chi connectivity index (χ3v) is 5.25. The average molecular weight is 469 g/mol. The van der Waals surface area contributed by atoms with Crippen molar-refractivity contribution < 1.29 is 29.0 Å². The largest absolute Gasteiger partial charge is 0.478 e. The van der Waals surface area contributed by atoms with E-state index in [1.54, 1.807) is 30.3 Å². The lowest BCUT2D eigenvalue weighted by Crippen LogP contribution is -2.47. The van der Waals surface area contributed by atoms with E-state index in [9.17, 15) is 14.4 Å². The van der Waals surface area contributed by atoms with Gasteiger partial charge in [0.2, 0.25) is 0 Å². The standard InChI is InChI=1S/C24H28N4O6/c1-3-4-5-14-33-23(31)17(2)34-24(32)19-7-9-21(26-16-19)28-12-10-27(11-13-28)20-8-6-18(15-25-20)22(29)30/h4-9,15-17H,3,10-14H2,1-2H3,(H,29,30)/t17-/m1/s1. The summed E-state index contributed by atoms with van der Waals surface area (Å²) in [6.45, 7) is 6.35. The van der Waals surface area contributed by atoms with Gasteiger partial charge in [-0.15, -0.1) is 0 Å². The number of aromatic nitrogens is 2. The van der Waals surface area contributed by atoms with Crippen molar-refractivity contribution >= 4 is 29.5 Å². The highest BCUT2D eigenvalue weighted by Gasteiger charge is 2.22. The number of carboxylic acid groups (broad SMARTS) is 1. The van der Waals surface area contributed by atoms with E-state index >= 15 is 0 Å². The molecule has 180 valence electrons. The second-order valence-corrected chi connectivity index (χ2v) is 7.65. The molecule has 0 saturated carbocycles. The van der Waals surface area contributed by atoms with Crippen molar-refractivity contribution in [2.75, 3.05) is 42.6 Å². The fourth-order valence-corrected chi connectivity index (χ4v) is 3.32. The van der Waals surface area contributed by atoms with Crippen LogP contribution < -0.4 is 9.80 Å². The van der Waals surface area contributed by atoms with Crippen molar-refractivity contribution in [2.45, 2.75) is 26.4 Å². The van der Waals surface area contributed by atoms with E-state index in [-0.39, 0.29) is 17.7 Å². The summed E-state index contributed by atoms with van der Waals surface area (Å²) in [5.41, 5.74) is 0.399. The molecule has 3 rings (SSSR count). The van der Waals surface area contributed by atoms with Crippen LogP contribution in [0.4, 0.5) is 11.6 Å². The molecular weight excluding hydrogens is 440 g/mol. The highest BCUT2D eigenvalue weighted by atomic mass is 16.6. The molecule has 1 fully saturated rings. The van der Waals surface area contributed by atoms with Crippen LogP contribution in [0.25, 0.3) is 0 Å². The van der Waals surface area contributed by atoms with Crippen molar-refractivity contribution in [3.63, 3.8) is 0 Å². The number of aromatic carboxylic acids is 1. The van der Waals surface area contributed by atoms with Crippen LogP contribution in [0.1, 0.15) is 41.0 Å². The number of piperazine rings is 1. The molecule has 10 heteroatoms. The minimum atomic E-state index is -1.02. The molecule has 1 aliphatic heterocycles. The lowest BCUT2D eigenvalue weighted by Gasteiger charge is -2.36. The molecule has 1 atom stereocenters. The number of hydrogen-bond donors (Lipinski definition) is 1. The molecule has 1 saturated heterocycles. The van der Waals surface area contributed by atoms with E-state index in [2.05, 4.69) is 19.8 Å². The molecule has 0 radical (unpaired) electrons. The van der Waals surface area contributed by atoms with Gasteiger partial charge in [-0.05, 0) is 37.6 Å². The topological polar surface area (TPSA) is 122 Å². The van der Waals surface area contributed by atoms with Crippen LogP contribution in [0.5, 0.6) is 0 Å². The van der Waals surface area contributed by atoms with Crippen LogP contribution in [0, 0.1) is 0 Å². The van der Waals surface area contributed by atoms with Gasteiger partial charge in [-0.25, -0.2) is 24.4 Å². The number of rotatable bonds is 9. The molecule has 0 aliphatic carbocycles. The van der Waals surface area contributed by atoms with Gasteiger partial charge in [-0.2, -0.15) is 0 Å². The number of allylic oxidation sites excluding steroid dienone is 1. The number of carboxylic acids is 1. The fourth-order valence-electron chi connectivity index (χ4n) is 3.32. The lowest BCUT2D eigenvalue weighted by atomic mass is 10.2. The predicted octanol–water partition coefficient (Wildman–Crippen LogP) is 2.56. The van der Waals surface area contributed by atoms with Gasteiger partial charge in [0.25, 0.3) is 0 Å². The van der Waals surface area contributed by atoms with E-state index < -0.39 is 24.0 Å². The Kier molecular flexibility index (Phi) is 8.55. The second kappa shape index (κ2) is 11.8. The molecule has 1 N–H and O–H groups in total. The number of pyridine rings is 2. The Bertz CT molecular complexity index is 1010. The Balaban J connectivity index is 1.49. The van der Waals surface area contributed by atoms with Gasteiger partial charge in [0.1, 0.15) is 18.2 Å². The summed E-state index contributed by atoms with van der Waals surface area (Å²) in [7, 11) is 0. The van der Waals surface area contributed by atoms with Gasteiger partial charge in [-0.3, -0.25) is 0 Å². The molecule has 3 heterocycles. The number of ether oxygens (including phenoxy) is 2. The van der Waals surface area contributed by atoms with E-state index in [1.165, 1.54) is 19.3 Å². The smallest absolute Gasteiger partial charge is 0.347 e. The summed E-state index contributed by atoms with van der Waals surface area (Å²) in [5, 5.41) is 9.00. The first-order valence-electron chi connectivity index (χ1n) is 11.1. The molecule has 2 aromatic heterocycles. The number of carbonyl (C=O) groups is 3. The predicted molar refractivity (Wildman–Crippen MR) is 125 cm³/mol. The minimum Gasteiger partial charge on any atom is -0.478 e. The van der Waals surface area contributed by atoms with E-state index in [0.29, 0.717) is 26.2 Å². The first-order valence-corrected chi connectivity index (χ1v) is 11.1. The molecule has 10 nitrogen and oxygen atoms in total. The van der Waals surface area contributed by atoms with Crippen molar-refractivity contribution in [1.82, 2.24) is 9.97 Å². The van der Waals surface area contributed by atoms with E-state index in [1.807, 2.05) is 13.0 Å². The molecule has 2 aromatic rings. The maximum absolute atomic E-state index is 12.3. The first-order chi connectivity index (χ1) is 16.4. The second-order valence-electron chi connectivity index (χ2n) is 7.65. The molecule has 1 aliphatic rings. The van der Waals surface area contributed by atoms with E-state index in [4.69, 9.17) is 14.6 Å². The van der Waals surface area contributed by atoms with Crippen LogP contribution in [-0.2, 0) is 14.3 Å². The summed E-state index contributed by atoms with van der Waals surface area (Å²) in [4.78, 5) is 48.0. The summed E-state index contributed by atoms with van der Waals surface area (Å²) in [5.74, 6) is -0.807. The van der Waals surface area contributed by atoms with Crippen molar-refractivity contribution in [3.8, 4) is 0 Å². The number of anilines is 2. The Hall–Kier alpha value is -3.95. The zero-order chi connectivity index (χ0) is 24.5. The maximum Gasteiger partial charge on any atom is 0.347 e. The molecule has 34 heavy (non-hydrogen) atoms. The number of hydrogen-bond acceptors (Lipinski definition) is 9. The van der Waals surface area contributed by atoms with Gasteiger partial charge >= 0.3 is 17.9 Å². The highest BCUT2D eigenvalue weighted by Crippen LogP contribution is 2.18. The van der Waals surface area contributed by atoms with Gasteiger partial charge in [0, 0.05) is 38.6 Å². The number of carbonyl (C=O) groups excluding carboxylic acids is 2. The summed E-state index contributed by atoms with van der Waals surface area (Å²) in [6.07, 6.45) is 6.23. The van der Waals surface area contributed by atoms with Gasteiger partial charge < -0.3 is 24.4 Å². The normalized spacial score (nSPS) is 14.6. The van der Waals surface area contributed by atoms with Crippen molar-refractivity contribution in [1.29, 1.82) is 0 Å².